The van der Waals surface area contributed by atoms with Crippen molar-refractivity contribution in [2.24, 2.45) is 5.84 Å². The predicted molar refractivity (Wildman–Crippen MR) is 83.0 cm³/mol. The highest BCUT2D eigenvalue weighted by atomic mass is 79.9. The maximum Gasteiger partial charge on any atom is 0.273 e. The van der Waals surface area contributed by atoms with Crippen LogP contribution >= 0.6 is 15.9 Å². The number of hydrogen-bond acceptors (Lipinski definition) is 6. The Hall–Kier alpha value is -2.63. The molecule has 0 heterocycles. The third-order valence-corrected chi connectivity index (χ3v) is 3.17. The highest BCUT2D eigenvalue weighted by molar-refractivity contribution is 9.10. The molecule has 0 bridgehead atoms. The minimum atomic E-state index is -0.515. The van der Waals surface area contributed by atoms with Crippen LogP contribution < -0.4 is 16.6 Å². The van der Waals surface area contributed by atoms with Gasteiger partial charge in [-0.2, -0.15) is 5.26 Å². The standard InChI is InChI=1S/C13H10BrN5O2/c14-9-1-2-13(8(3-9)7-15)17-10-4-11(18-16)6-12(5-10)19(20)21/h1-6,17-18H,16H2. The van der Waals surface area contributed by atoms with E-state index < -0.39 is 4.92 Å². The number of nitrogens with two attached hydrogens (primary N) is 1. The number of nitro benzene ring substituents is 1. The summed E-state index contributed by atoms with van der Waals surface area (Å²) in [5, 5.41) is 23.0. The molecule has 0 atom stereocenters. The van der Waals surface area contributed by atoms with Crippen LogP contribution in [0.4, 0.5) is 22.7 Å². The Morgan fingerprint density at radius 2 is 1.95 bits per heavy atom. The quantitative estimate of drug-likeness (QED) is 0.444. The number of hydrazine groups is 1. The lowest BCUT2D eigenvalue weighted by Gasteiger charge is -2.10. The Bertz CT molecular complexity index is 742. The monoisotopic (exact) mass is 347 g/mol. The van der Waals surface area contributed by atoms with Gasteiger partial charge >= 0.3 is 0 Å². The molecule has 2 aromatic rings. The summed E-state index contributed by atoms with van der Waals surface area (Å²) < 4.78 is 0.771. The molecule has 0 fully saturated rings. The summed E-state index contributed by atoms with van der Waals surface area (Å²) in [6.07, 6.45) is 0. The Kier molecular flexibility index (Phi) is 4.37. The van der Waals surface area contributed by atoms with Gasteiger partial charge in [0, 0.05) is 22.3 Å². The van der Waals surface area contributed by atoms with Crippen LogP contribution in [0.1, 0.15) is 5.56 Å². The molecule has 0 spiro atoms. The summed E-state index contributed by atoms with van der Waals surface area (Å²) in [5.41, 5.74) is 4.07. The summed E-state index contributed by atoms with van der Waals surface area (Å²) in [6.45, 7) is 0. The van der Waals surface area contributed by atoms with Gasteiger partial charge in [0.05, 0.1) is 21.9 Å². The highest BCUT2D eigenvalue weighted by Crippen LogP contribution is 2.28. The van der Waals surface area contributed by atoms with Crippen LogP contribution in [0.15, 0.2) is 40.9 Å². The van der Waals surface area contributed by atoms with E-state index in [-0.39, 0.29) is 5.69 Å². The molecule has 0 aliphatic carbocycles. The zero-order valence-electron chi connectivity index (χ0n) is 10.6. The van der Waals surface area contributed by atoms with Crippen LogP contribution in [0.3, 0.4) is 0 Å². The Labute approximate surface area is 128 Å². The topological polar surface area (TPSA) is 117 Å². The SMILES string of the molecule is N#Cc1cc(Br)ccc1Nc1cc(NN)cc([N+](=O)[O-])c1. The fourth-order valence-electron chi connectivity index (χ4n) is 1.75. The second-order valence-corrected chi connectivity index (χ2v) is 5.01. The summed E-state index contributed by atoms with van der Waals surface area (Å²) in [5.74, 6) is 5.30. The molecule has 2 aromatic carbocycles. The molecule has 106 valence electrons. The number of nitrogens with one attached hydrogen (secondary N) is 2. The molecule has 0 radical (unpaired) electrons. The zero-order chi connectivity index (χ0) is 15.4. The van der Waals surface area contributed by atoms with Gasteiger partial charge in [-0.3, -0.25) is 16.0 Å². The molecule has 0 aliphatic rings. The lowest BCUT2D eigenvalue weighted by Crippen LogP contribution is -2.07. The van der Waals surface area contributed by atoms with E-state index in [9.17, 15) is 10.1 Å². The van der Waals surface area contributed by atoms with E-state index >= 15 is 0 Å². The number of rotatable bonds is 4. The number of non-ortho nitro benzene ring substituents is 1. The molecule has 2 rings (SSSR count). The molecule has 7 nitrogen and oxygen atoms in total. The van der Waals surface area contributed by atoms with Crippen LogP contribution in [-0.4, -0.2) is 4.92 Å². The fourth-order valence-corrected chi connectivity index (χ4v) is 2.11. The normalized spacial score (nSPS) is 9.76. The third kappa shape index (κ3) is 3.47. The molecule has 21 heavy (non-hydrogen) atoms. The minimum absolute atomic E-state index is 0.108. The average molecular weight is 348 g/mol. The molecular formula is C13H10BrN5O2. The third-order valence-electron chi connectivity index (χ3n) is 2.68. The Balaban J connectivity index is 2.42. The van der Waals surface area contributed by atoms with Crippen molar-refractivity contribution in [3.63, 3.8) is 0 Å². The maximum atomic E-state index is 10.9. The van der Waals surface area contributed by atoms with Gasteiger partial charge in [0.25, 0.3) is 5.69 Å². The van der Waals surface area contributed by atoms with Crippen molar-refractivity contribution in [1.82, 2.24) is 0 Å². The molecular weight excluding hydrogens is 338 g/mol. The van der Waals surface area contributed by atoms with Crippen molar-refractivity contribution in [2.75, 3.05) is 10.7 Å². The number of anilines is 3. The lowest BCUT2D eigenvalue weighted by molar-refractivity contribution is -0.384. The summed E-state index contributed by atoms with van der Waals surface area (Å²) in [7, 11) is 0. The Morgan fingerprint density at radius 1 is 1.24 bits per heavy atom. The van der Waals surface area contributed by atoms with Crippen molar-refractivity contribution >= 4 is 38.7 Å². The number of hydrogen-bond donors (Lipinski definition) is 3. The van der Waals surface area contributed by atoms with Gasteiger partial charge in [0.1, 0.15) is 6.07 Å². The number of halogens is 1. The predicted octanol–water partition coefficient (Wildman–Crippen LogP) is 3.26. The first-order valence-electron chi connectivity index (χ1n) is 5.76. The zero-order valence-corrected chi connectivity index (χ0v) is 12.2. The molecule has 0 saturated carbocycles. The van der Waals surface area contributed by atoms with Crippen LogP contribution in [0.2, 0.25) is 0 Å². The number of nitriles is 1. The Morgan fingerprint density at radius 3 is 2.57 bits per heavy atom. The molecule has 0 unspecified atom stereocenters. The van der Waals surface area contributed by atoms with E-state index in [0.29, 0.717) is 22.6 Å². The largest absolute Gasteiger partial charge is 0.354 e. The van der Waals surface area contributed by atoms with E-state index in [4.69, 9.17) is 11.1 Å². The van der Waals surface area contributed by atoms with Gasteiger partial charge in [0.2, 0.25) is 0 Å². The second kappa shape index (κ2) is 6.21. The summed E-state index contributed by atoms with van der Waals surface area (Å²) >= 11 is 3.28. The fraction of sp³-hybridized carbons (Fsp3) is 0. The van der Waals surface area contributed by atoms with Gasteiger partial charge in [0.15, 0.2) is 0 Å². The van der Waals surface area contributed by atoms with E-state index in [1.807, 2.05) is 0 Å². The van der Waals surface area contributed by atoms with Gasteiger partial charge in [-0.25, -0.2) is 0 Å². The number of nitrogens with zero attached hydrogens (tertiary/aromatic N) is 2. The van der Waals surface area contributed by atoms with E-state index in [1.165, 1.54) is 12.1 Å². The first-order chi connectivity index (χ1) is 10.0. The number of benzene rings is 2. The van der Waals surface area contributed by atoms with Crippen molar-refractivity contribution in [3.8, 4) is 6.07 Å². The summed E-state index contributed by atoms with van der Waals surface area (Å²) in [4.78, 5) is 10.4. The van der Waals surface area contributed by atoms with Crippen LogP contribution in [-0.2, 0) is 0 Å². The molecule has 0 aliphatic heterocycles. The van der Waals surface area contributed by atoms with E-state index in [0.717, 1.165) is 4.47 Å². The van der Waals surface area contributed by atoms with Gasteiger partial charge in [-0.05, 0) is 24.3 Å². The molecule has 0 saturated heterocycles. The highest BCUT2D eigenvalue weighted by Gasteiger charge is 2.11. The summed E-state index contributed by atoms with van der Waals surface area (Å²) in [6, 6.07) is 11.5. The molecule has 0 aromatic heterocycles. The molecule has 8 heteroatoms. The first-order valence-corrected chi connectivity index (χ1v) is 6.55. The van der Waals surface area contributed by atoms with Crippen molar-refractivity contribution in [1.29, 1.82) is 5.26 Å². The number of nitrogen functional groups attached to an aromatic ring is 1. The van der Waals surface area contributed by atoms with Gasteiger partial charge < -0.3 is 10.7 Å². The van der Waals surface area contributed by atoms with Crippen LogP contribution in [0, 0.1) is 21.4 Å². The van der Waals surface area contributed by atoms with Gasteiger partial charge in [-0.1, -0.05) is 15.9 Å². The van der Waals surface area contributed by atoms with Crippen molar-refractivity contribution in [3.05, 3.63) is 56.5 Å². The van der Waals surface area contributed by atoms with Crippen molar-refractivity contribution in [2.45, 2.75) is 0 Å². The van der Waals surface area contributed by atoms with Gasteiger partial charge in [-0.15, -0.1) is 0 Å². The van der Waals surface area contributed by atoms with Crippen molar-refractivity contribution < 1.29 is 4.92 Å². The van der Waals surface area contributed by atoms with E-state index in [1.54, 1.807) is 24.3 Å². The minimum Gasteiger partial charge on any atom is -0.354 e. The molecule has 4 N–H and O–H groups in total. The first kappa shape index (κ1) is 14.8. The molecule has 0 amide bonds. The van der Waals surface area contributed by atoms with Crippen LogP contribution in [0.25, 0.3) is 0 Å². The maximum absolute atomic E-state index is 10.9. The van der Waals surface area contributed by atoms with E-state index in [2.05, 4.69) is 32.7 Å². The average Bonchev–Trinajstić information content (AvgIpc) is 2.48. The van der Waals surface area contributed by atoms with Crippen LogP contribution in [0.5, 0.6) is 0 Å². The number of nitro groups is 1. The second-order valence-electron chi connectivity index (χ2n) is 4.10. The lowest BCUT2D eigenvalue weighted by atomic mass is 10.1. The smallest absolute Gasteiger partial charge is 0.273 e.